The lowest BCUT2D eigenvalue weighted by Crippen LogP contribution is -2.33. The molecule has 0 aromatic heterocycles. The number of benzene rings is 3. The molecule has 0 saturated carbocycles. The van der Waals surface area contributed by atoms with Crippen molar-refractivity contribution in [2.45, 2.75) is 25.7 Å². The fourth-order valence-corrected chi connectivity index (χ4v) is 8.18. The van der Waals surface area contributed by atoms with Gasteiger partial charge in [0.25, 0.3) is 0 Å². The zero-order valence-corrected chi connectivity index (χ0v) is 17.1. The van der Waals surface area contributed by atoms with E-state index in [4.69, 9.17) is 0 Å². The maximum absolute atomic E-state index is 4.11. The first-order valence-corrected chi connectivity index (χ1v) is 11.8. The van der Waals surface area contributed by atoms with Crippen LogP contribution < -0.4 is 15.9 Å². The van der Waals surface area contributed by atoms with Crippen LogP contribution in [-0.2, 0) is 0 Å². The molecule has 138 valence electrons. The lowest BCUT2D eigenvalue weighted by atomic mass is 10.2. The summed E-state index contributed by atoms with van der Waals surface area (Å²) in [5.74, 6) is 0. The van der Waals surface area contributed by atoms with Gasteiger partial charge in [0, 0.05) is 7.05 Å². The zero-order valence-electron chi connectivity index (χ0n) is 16.2. The predicted octanol–water partition coefficient (Wildman–Crippen LogP) is 5.24. The van der Waals surface area contributed by atoms with E-state index >= 15 is 0 Å². The Morgan fingerprint density at radius 3 is 1.48 bits per heavy atom. The minimum Gasteiger partial charge on any atom is -0.301 e. The van der Waals surface area contributed by atoms with E-state index in [9.17, 15) is 0 Å². The molecule has 0 spiro atoms. The topological polar surface area (TPSA) is 12.4 Å². The highest BCUT2D eigenvalue weighted by Crippen LogP contribution is 2.55. The van der Waals surface area contributed by atoms with Crippen molar-refractivity contribution in [2.24, 2.45) is 4.99 Å². The van der Waals surface area contributed by atoms with Gasteiger partial charge < -0.3 is 4.99 Å². The molecule has 0 radical (unpaired) electrons. The van der Waals surface area contributed by atoms with E-state index in [0.29, 0.717) is 0 Å². The van der Waals surface area contributed by atoms with Gasteiger partial charge in [-0.05, 0) is 68.3 Å². The van der Waals surface area contributed by atoms with Crippen LogP contribution in [0.2, 0.25) is 0 Å². The summed E-state index contributed by atoms with van der Waals surface area (Å²) in [5.41, 5.74) is 0. The largest absolute Gasteiger partial charge is 0.301 e. The summed E-state index contributed by atoms with van der Waals surface area (Å²) < 4.78 is 0. The monoisotopic (exact) mass is 374 g/mol. The summed E-state index contributed by atoms with van der Waals surface area (Å²) in [6, 6.07) is 33.5. The number of unbranched alkanes of at least 4 members (excludes halogenated alkanes) is 3. The summed E-state index contributed by atoms with van der Waals surface area (Å²) in [4.78, 5) is 4.11. The van der Waals surface area contributed by atoms with Crippen LogP contribution in [0.1, 0.15) is 25.7 Å². The van der Waals surface area contributed by atoms with Crippen molar-refractivity contribution in [3.63, 3.8) is 0 Å². The van der Waals surface area contributed by atoms with Gasteiger partial charge in [-0.25, -0.2) is 0 Å². The average molecular weight is 374 g/mol. The molecule has 3 aromatic rings. The first kappa shape index (κ1) is 19.5. The Morgan fingerprint density at radius 1 is 0.630 bits per heavy atom. The van der Waals surface area contributed by atoms with Gasteiger partial charge in [-0.1, -0.05) is 54.6 Å². The Bertz CT molecular complexity index is 716. The van der Waals surface area contributed by atoms with Gasteiger partial charge in [0.05, 0.1) is 6.16 Å². The predicted molar refractivity (Wildman–Crippen MR) is 123 cm³/mol. The highest BCUT2D eigenvalue weighted by molar-refractivity contribution is 7.95. The van der Waals surface area contributed by atoms with Crippen LogP contribution in [0.25, 0.3) is 0 Å². The molecule has 0 aliphatic carbocycles. The van der Waals surface area contributed by atoms with Crippen molar-refractivity contribution in [2.75, 3.05) is 13.2 Å². The smallest absolute Gasteiger partial charge is 0.112 e. The Labute approximate surface area is 164 Å². The van der Waals surface area contributed by atoms with Crippen molar-refractivity contribution in [3.05, 3.63) is 91.0 Å². The van der Waals surface area contributed by atoms with Gasteiger partial charge in [0.15, 0.2) is 0 Å². The Hall–Kier alpha value is -2.24. The lowest BCUT2D eigenvalue weighted by Gasteiger charge is -2.27. The lowest BCUT2D eigenvalue weighted by molar-refractivity contribution is 0.749. The normalized spacial score (nSPS) is 11.7. The molecule has 3 rings (SSSR count). The molecule has 0 aliphatic heterocycles. The van der Waals surface area contributed by atoms with Crippen molar-refractivity contribution in [1.82, 2.24) is 0 Å². The van der Waals surface area contributed by atoms with Crippen molar-refractivity contribution < 1.29 is 0 Å². The second-order valence-corrected chi connectivity index (χ2v) is 10.4. The zero-order chi connectivity index (χ0) is 18.8. The van der Waals surface area contributed by atoms with Crippen LogP contribution in [0.3, 0.4) is 0 Å². The van der Waals surface area contributed by atoms with E-state index in [1.807, 2.05) is 13.3 Å². The molecule has 0 unspecified atom stereocenters. The first-order chi connectivity index (χ1) is 13.4. The molecule has 0 bridgehead atoms. The number of hydrogen-bond acceptors (Lipinski definition) is 1. The second kappa shape index (κ2) is 10.2. The molecular weight excluding hydrogens is 345 g/mol. The van der Waals surface area contributed by atoms with E-state index in [1.54, 1.807) is 0 Å². The SMILES string of the molecule is CN=CCCCCC[P+](c1ccccc1)(c1ccccc1)c1ccccc1. The molecule has 2 heteroatoms. The summed E-state index contributed by atoms with van der Waals surface area (Å²) in [6.45, 7) is 0. The highest BCUT2D eigenvalue weighted by atomic mass is 31.2. The molecule has 3 aromatic carbocycles. The van der Waals surface area contributed by atoms with Gasteiger partial charge in [0.2, 0.25) is 0 Å². The molecule has 0 atom stereocenters. The number of rotatable bonds is 9. The van der Waals surface area contributed by atoms with E-state index < -0.39 is 7.26 Å². The van der Waals surface area contributed by atoms with E-state index in [2.05, 4.69) is 96.0 Å². The van der Waals surface area contributed by atoms with E-state index in [1.165, 1.54) is 41.3 Å². The Balaban J connectivity index is 2.00. The average Bonchev–Trinajstić information content (AvgIpc) is 2.75. The number of nitrogens with zero attached hydrogens (tertiary/aromatic N) is 1. The Morgan fingerprint density at radius 2 is 1.07 bits per heavy atom. The van der Waals surface area contributed by atoms with Crippen LogP contribution >= 0.6 is 7.26 Å². The van der Waals surface area contributed by atoms with Crippen molar-refractivity contribution >= 4 is 29.4 Å². The second-order valence-electron chi connectivity index (χ2n) is 6.83. The van der Waals surface area contributed by atoms with Crippen LogP contribution in [0.15, 0.2) is 96.0 Å². The maximum atomic E-state index is 4.11. The van der Waals surface area contributed by atoms with Crippen LogP contribution in [0.4, 0.5) is 0 Å². The molecule has 0 fully saturated rings. The third-order valence-electron chi connectivity index (χ3n) is 5.10. The van der Waals surface area contributed by atoms with Crippen molar-refractivity contribution in [1.29, 1.82) is 0 Å². The third kappa shape index (κ3) is 4.73. The van der Waals surface area contributed by atoms with Crippen molar-refractivity contribution in [3.8, 4) is 0 Å². The first-order valence-electron chi connectivity index (χ1n) is 9.83. The minimum atomic E-state index is -1.64. The summed E-state index contributed by atoms with van der Waals surface area (Å²) >= 11 is 0. The molecule has 0 aliphatic rings. The number of hydrogen-bond donors (Lipinski definition) is 0. The molecule has 0 amide bonds. The summed E-state index contributed by atoms with van der Waals surface area (Å²) in [6.07, 6.45) is 8.05. The quantitative estimate of drug-likeness (QED) is 0.276. The van der Waals surface area contributed by atoms with Gasteiger partial charge in [-0.15, -0.1) is 0 Å². The molecule has 1 nitrogen and oxygen atoms in total. The minimum absolute atomic E-state index is 1.09. The van der Waals surface area contributed by atoms with Gasteiger partial charge >= 0.3 is 0 Å². The van der Waals surface area contributed by atoms with E-state index in [0.717, 1.165) is 6.42 Å². The van der Waals surface area contributed by atoms with Gasteiger partial charge in [0.1, 0.15) is 23.2 Å². The fourth-order valence-electron chi connectivity index (χ4n) is 3.77. The standard InChI is InChI=1S/C25H29NP/c1-26-21-13-2-3-14-22-27(23-15-7-4-8-16-23,24-17-9-5-10-18-24)25-19-11-6-12-20-25/h4-12,15-21H,2-3,13-14,22H2,1H3/q+1. The number of aliphatic imine (C=N–C) groups is 1. The van der Waals surface area contributed by atoms with Gasteiger partial charge in [-0.2, -0.15) is 0 Å². The molecular formula is C25H29NP+. The van der Waals surface area contributed by atoms with Crippen LogP contribution in [0, 0.1) is 0 Å². The highest BCUT2D eigenvalue weighted by Gasteiger charge is 2.44. The third-order valence-corrected chi connectivity index (χ3v) is 9.63. The summed E-state index contributed by atoms with van der Waals surface area (Å²) in [5, 5.41) is 4.45. The molecule has 0 saturated heterocycles. The Kier molecular flexibility index (Phi) is 7.36. The fraction of sp³-hybridized carbons (Fsp3) is 0.240. The van der Waals surface area contributed by atoms with E-state index in [-0.39, 0.29) is 0 Å². The van der Waals surface area contributed by atoms with Crippen LogP contribution in [-0.4, -0.2) is 19.4 Å². The molecule has 0 N–H and O–H groups in total. The summed E-state index contributed by atoms with van der Waals surface area (Å²) in [7, 11) is 0.215. The van der Waals surface area contributed by atoms with Crippen LogP contribution in [0.5, 0.6) is 0 Å². The maximum Gasteiger partial charge on any atom is 0.112 e. The molecule has 0 heterocycles. The molecule has 27 heavy (non-hydrogen) atoms. The van der Waals surface area contributed by atoms with Gasteiger partial charge in [-0.3, -0.25) is 0 Å².